The van der Waals surface area contributed by atoms with E-state index >= 15 is 0 Å². The Morgan fingerprint density at radius 1 is 1.37 bits per heavy atom. The van der Waals surface area contributed by atoms with E-state index in [0.717, 1.165) is 39.3 Å². The van der Waals surface area contributed by atoms with Crippen LogP contribution in [0.1, 0.15) is 6.42 Å². The van der Waals surface area contributed by atoms with Crippen molar-refractivity contribution < 1.29 is 4.92 Å². The molecule has 0 unspecified atom stereocenters. The Labute approximate surface area is 113 Å². The monoisotopic (exact) mass is 264 g/mol. The summed E-state index contributed by atoms with van der Waals surface area (Å²) in [5.74, 6) is 0. The molecular weight excluding hydrogens is 244 g/mol. The smallest absolute Gasteiger partial charge is 0.292 e. The van der Waals surface area contributed by atoms with Crippen molar-refractivity contribution in [2.24, 2.45) is 0 Å². The van der Waals surface area contributed by atoms with Gasteiger partial charge in [0.15, 0.2) is 0 Å². The molecule has 6 nitrogen and oxygen atoms in total. The number of hydrogen-bond acceptors (Lipinski definition) is 5. The van der Waals surface area contributed by atoms with Crippen LogP contribution in [0.4, 0.5) is 11.4 Å². The minimum absolute atomic E-state index is 0.142. The standard InChI is InChI=1S/C13H20N4O2/c1-15-9-10-16(11-15)8-4-7-14-12-5-2-3-6-13(12)17(18)19/h2-3,5-6,14H,4,7-11H2,1H3. The van der Waals surface area contributed by atoms with Crippen LogP contribution in [0.5, 0.6) is 0 Å². The minimum atomic E-state index is -0.349. The highest BCUT2D eigenvalue weighted by atomic mass is 16.6. The van der Waals surface area contributed by atoms with E-state index in [0.29, 0.717) is 5.69 Å². The molecule has 1 fully saturated rings. The first-order chi connectivity index (χ1) is 9.16. The van der Waals surface area contributed by atoms with E-state index in [-0.39, 0.29) is 10.6 Å². The summed E-state index contributed by atoms with van der Waals surface area (Å²) in [5.41, 5.74) is 0.745. The zero-order valence-electron chi connectivity index (χ0n) is 11.2. The Morgan fingerprint density at radius 2 is 2.16 bits per heavy atom. The summed E-state index contributed by atoms with van der Waals surface area (Å²) >= 11 is 0. The number of hydrogen-bond donors (Lipinski definition) is 1. The molecule has 0 atom stereocenters. The molecule has 2 rings (SSSR count). The number of rotatable bonds is 6. The molecule has 6 heteroatoms. The summed E-state index contributed by atoms with van der Waals surface area (Å²) in [7, 11) is 2.12. The molecule has 104 valence electrons. The Kier molecular flexibility index (Phi) is 4.70. The topological polar surface area (TPSA) is 61.6 Å². The van der Waals surface area contributed by atoms with Gasteiger partial charge < -0.3 is 5.32 Å². The number of likely N-dealkylation sites (N-methyl/N-ethyl adjacent to an activating group) is 1. The van der Waals surface area contributed by atoms with E-state index in [1.54, 1.807) is 12.1 Å². The second-order valence-electron chi connectivity index (χ2n) is 4.89. The van der Waals surface area contributed by atoms with Gasteiger partial charge in [0.05, 0.1) is 11.6 Å². The van der Waals surface area contributed by atoms with Crippen LogP contribution in [0.2, 0.25) is 0 Å². The Balaban J connectivity index is 1.75. The average molecular weight is 264 g/mol. The molecule has 1 aliphatic rings. The molecule has 1 aromatic carbocycles. The van der Waals surface area contributed by atoms with Crippen LogP contribution in [-0.2, 0) is 0 Å². The van der Waals surface area contributed by atoms with Crippen molar-refractivity contribution in [2.45, 2.75) is 6.42 Å². The molecule has 1 aromatic rings. The lowest BCUT2D eigenvalue weighted by atomic mass is 10.2. The van der Waals surface area contributed by atoms with Crippen LogP contribution >= 0.6 is 0 Å². The van der Waals surface area contributed by atoms with E-state index in [2.05, 4.69) is 22.2 Å². The number of nitro groups is 1. The van der Waals surface area contributed by atoms with Gasteiger partial charge in [-0.2, -0.15) is 0 Å². The zero-order valence-corrected chi connectivity index (χ0v) is 11.2. The van der Waals surface area contributed by atoms with E-state index in [1.165, 1.54) is 6.07 Å². The number of anilines is 1. The van der Waals surface area contributed by atoms with Crippen molar-refractivity contribution in [1.29, 1.82) is 0 Å². The Morgan fingerprint density at radius 3 is 2.84 bits per heavy atom. The highest BCUT2D eigenvalue weighted by molar-refractivity contribution is 5.60. The van der Waals surface area contributed by atoms with Gasteiger partial charge in [-0.3, -0.25) is 19.9 Å². The lowest BCUT2D eigenvalue weighted by molar-refractivity contribution is -0.384. The fraction of sp³-hybridized carbons (Fsp3) is 0.538. The summed E-state index contributed by atoms with van der Waals surface area (Å²) < 4.78 is 0. The molecule has 0 bridgehead atoms. The van der Waals surface area contributed by atoms with Gasteiger partial charge in [0.1, 0.15) is 5.69 Å². The number of nitrogens with one attached hydrogen (secondary N) is 1. The van der Waals surface area contributed by atoms with Gasteiger partial charge in [-0.05, 0) is 19.5 Å². The number of para-hydroxylation sites is 2. The molecule has 1 heterocycles. The highest BCUT2D eigenvalue weighted by Crippen LogP contribution is 2.22. The first-order valence-corrected chi connectivity index (χ1v) is 6.55. The van der Waals surface area contributed by atoms with E-state index in [9.17, 15) is 10.1 Å². The molecule has 1 aliphatic heterocycles. The molecule has 0 amide bonds. The van der Waals surface area contributed by atoms with Crippen LogP contribution in [0.3, 0.4) is 0 Å². The van der Waals surface area contributed by atoms with Gasteiger partial charge in [-0.15, -0.1) is 0 Å². The van der Waals surface area contributed by atoms with E-state index in [4.69, 9.17) is 0 Å². The first kappa shape index (κ1) is 13.8. The third-order valence-corrected chi connectivity index (χ3v) is 3.31. The van der Waals surface area contributed by atoms with Gasteiger partial charge in [0.25, 0.3) is 5.69 Å². The summed E-state index contributed by atoms with van der Waals surface area (Å²) in [6, 6.07) is 6.77. The maximum atomic E-state index is 10.9. The van der Waals surface area contributed by atoms with Gasteiger partial charge in [-0.1, -0.05) is 12.1 Å². The molecule has 0 radical (unpaired) electrons. The van der Waals surface area contributed by atoms with Crippen molar-refractivity contribution in [1.82, 2.24) is 9.80 Å². The molecular formula is C13H20N4O2. The predicted molar refractivity (Wildman–Crippen MR) is 75.3 cm³/mol. The van der Waals surface area contributed by atoms with Gasteiger partial charge in [0.2, 0.25) is 0 Å². The lowest BCUT2D eigenvalue weighted by Crippen LogP contribution is -2.25. The summed E-state index contributed by atoms with van der Waals surface area (Å²) in [4.78, 5) is 15.2. The van der Waals surface area contributed by atoms with E-state index < -0.39 is 0 Å². The summed E-state index contributed by atoms with van der Waals surface area (Å²) in [5, 5.41) is 14.0. The number of nitrogens with zero attached hydrogens (tertiary/aromatic N) is 3. The quantitative estimate of drug-likeness (QED) is 0.480. The van der Waals surface area contributed by atoms with Crippen molar-refractivity contribution in [3.8, 4) is 0 Å². The molecule has 19 heavy (non-hydrogen) atoms. The molecule has 1 N–H and O–H groups in total. The third kappa shape index (κ3) is 3.90. The van der Waals surface area contributed by atoms with Gasteiger partial charge >= 0.3 is 0 Å². The van der Waals surface area contributed by atoms with Crippen molar-refractivity contribution in [2.75, 3.05) is 45.2 Å². The number of nitro benzene ring substituents is 1. The largest absolute Gasteiger partial charge is 0.379 e. The predicted octanol–water partition coefficient (Wildman–Crippen LogP) is 1.60. The van der Waals surface area contributed by atoms with Crippen molar-refractivity contribution in [3.05, 3.63) is 34.4 Å². The lowest BCUT2D eigenvalue weighted by Gasteiger charge is -2.15. The second kappa shape index (κ2) is 6.49. The van der Waals surface area contributed by atoms with Crippen molar-refractivity contribution in [3.63, 3.8) is 0 Å². The average Bonchev–Trinajstić information content (AvgIpc) is 2.81. The SMILES string of the molecule is CN1CCN(CCCNc2ccccc2[N+](=O)[O-])C1. The van der Waals surface area contributed by atoms with Crippen LogP contribution in [0.15, 0.2) is 24.3 Å². The van der Waals surface area contributed by atoms with Gasteiger partial charge in [0, 0.05) is 32.2 Å². The molecule has 0 aromatic heterocycles. The van der Waals surface area contributed by atoms with Crippen LogP contribution in [0, 0.1) is 10.1 Å². The molecule has 0 aliphatic carbocycles. The number of benzene rings is 1. The fourth-order valence-corrected chi connectivity index (χ4v) is 2.29. The molecule has 0 saturated carbocycles. The maximum Gasteiger partial charge on any atom is 0.292 e. The zero-order chi connectivity index (χ0) is 13.7. The summed E-state index contributed by atoms with van der Waals surface area (Å²) in [6.45, 7) is 5.04. The van der Waals surface area contributed by atoms with Gasteiger partial charge in [-0.25, -0.2) is 0 Å². The fourth-order valence-electron chi connectivity index (χ4n) is 2.29. The second-order valence-corrected chi connectivity index (χ2v) is 4.89. The third-order valence-electron chi connectivity index (χ3n) is 3.31. The normalized spacial score (nSPS) is 16.7. The van der Waals surface area contributed by atoms with Crippen LogP contribution in [0.25, 0.3) is 0 Å². The van der Waals surface area contributed by atoms with Crippen molar-refractivity contribution >= 4 is 11.4 Å². The van der Waals surface area contributed by atoms with Crippen LogP contribution in [-0.4, -0.2) is 54.6 Å². The maximum absolute atomic E-state index is 10.9. The van der Waals surface area contributed by atoms with E-state index in [1.807, 2.05) is 6.07 Å². The first-order valence-electron chi connectivity index (χ1n) is 6.55. The summed E-state index contributed by atoms with van der Waals surface area (Å²) in [6.07, 6.45) is 0.986. The molecule has 1 saturated heterocycles. The minimum Gasteiger partial charge on any atom is -0.379 e. The Hall–Kier alpha value is -1.66. The molecule has 0 spiro atoms. The highest BCUT2D eigenvalue weighted by Gasteiger charge is 2.15. The van der Waals surface area contributed by atoms with Crippen LogP contribution < -0.4 is 5.32 Å². The Bertz CT molecular complexity index is 438.